The molecule has 11 heteroatoms. The van der Waals surface area contributed by atoms with Gasteiger partial charge < -0.3 is 28.7 Å². The average molecular weight is 522 g/mol. The van der Waals surface area contributed by atoms with E-state index in [1.807, 2.05) is 6.92 Å². The molecule has 190 valence electrons. The number of thioether (sulfide) groups is 1. The smallest absolute Gasteiger partial charge is 0.342 e. The van der Waals surface area contributed by atoms with E-state index in [4.69, 9.17) is 13.9 Å². The fourth-order valence-electron chi connectivity index (χ4n) is 3.55. The van der Waals surface area contributed by atoms with E-state index < -0.39 is 11.9 Å². The first-order valence-electron chi connectivity index (χ1n) is 11.1. The Balaban J connectivity index is 1.65. The number of hydrogen-bond acceptors (Lipinski definition) is 8. The molecule has 0 saturated carbocycles. The number of aromatic carboxylic acids is 1. The first-order valence-corrected chi connectivity index (χ1v) is 11.9. The van der Waals surface area contributed by atoms with Gasteiger partial charge in [0.25, 0.3) is 0 Å². The average Bonchev–Trinajstić information content (AvgIpc) is 3.54. The molecule has 0 aliphatic carbocycles. The topological polar surface area (TPSA) is 137 Å². The van der Waals surface area contributed by atoms with Gasteiger partial charge in [-0.1, -0.05) is 12.1 Å². The van der Waals surface area contributed by atoms with Crippen molar-refractivity contribution in [3.05, 3.63) is 70.8 Å². The number of methoxy groups -OCH3 is 2. The van der Waals surface area contributed by atoms with Crippen LogP contribution in [0.5, 0.6) is 11.5 Å². The molecule has 0 aliphatic heterocycles. The minimum atomic E-state index is -1.16. The summed E-state index contributed by atoms with van der Waals surface area (Å²) in [6, 6.07) is 14.9. The summed E-state index contributed by atoms with van der Waals surface area (Å²) in [7, 11) is 3.11. The van der Waals surface area contributed by atoms with Crippen molar-refractivity contribution in [1.82, 2.24) is 14.8 Å². The van der Waals surface area contributed by atoms with Crippen LogP contribution in [0.2, 0.25) is 0 Å². The quantitative estimate of drug-likeness (QED) is 0.213. The predicted octanol–water partition coefficient (Wildman–Crippen LogP) is 5.16. The molecule has 2 aromatic carbocycles. The fraction of sp³-hybridized carbons (Fsp3) is 0.154. The van der Waals surface area contributed by atoms with Crippen LogP contribution < -0.4 is 9.47 Å². The second-order valence-corrected chi connectivity index (χ2v) is 8.66. The maximum Gasteiger partial charge on any atom is 0.342 e. The molecule has 4 aromatic rings. The zero-order chi connectivity index (χ0) is 26.5. The molecular formula is C26H23N3O7S. The van der Waals surface area contributed by atoms with E-state index in [2.05, 4.69) is 10.2 Å². The van der Waals surface area contributed by atoms with E-state index in [1.165, 1.54) is 18.2 Å². The van der Waals surface area contributed by atoms with Crippen LogP contribution in [0.1, 0.15) is 23.0 Å². The molecule has 4 rings (SSSR count). The van der Waals surface area contributed by atoms with Gasteiger partial charge in [-0.3, -0.25) is 0 Å². The van der Waals surface area contributed by atoms with Crippen LogP contribution in [-0.2, 0) is 11.3 Å². The first kappa shape index (κ1) is 25.6. The lowest BCUT2D eigenvalue weighted by Crippen LogP contribution is -2.03. The number of rotatable bonds is 10. The molecule has 0 aliphatic rings. The Hall–Kier alpha value is -4.51. The van der Waals surface area contributed by atoms with Crippen LogP contribution in [0.15, 0.2) is 69.1 Å². The SMILES string of the molecule is CCn1c(S/C(=C\c2ccc(-c3cccc(C(=O)O)c3)o2)C(=O)O)nnc1-c1cc(OC)cc(OC)c1. The molecule has 0 atom stereocenters. The lowest BCUT2D eigenvalue weighted by Gasteiger charge is -2.10. The highest BCUT2D eigenvalue weighted by molar-refractivity contribution is 8.04. The summed E-state index contributed by atoms with van der Waals surface area (Å²) in [4.78, 5) is 23.3. The van der Waals surface area contributed by atoms with Crippen molar-refractivity contribution in [2.45, 2.75) is 18.6 Å². The molecule has 2 N–H and O–H groups in total. The molecular weight excluding hydrogens is 498 g/mol. The van der Waals surface area contributed by atoms with Crippen molar-refractivity contribution < 1.29 is 33.7 Å². The van der Waals surface area contributed by atoms with Crippen molar-refractivity contribution in [1.29, 1.82) is 0 Å². The van der Waals surface area contributed by atoms with E-state index in [0.717, 1.165) is 11.8 Å². The van der Waals surface area contributed by atoms with Crippen molar-refractivity contribution in [3.8, 4) is 34.2 Å². The van der Waals surface area contributed by atoms with Gasteiger partial charge in [-0.25, -0.2) is 9.59 Å². The van der Waals surface area contributed by atoms with E-state index >= 15 is 0 Å². The number of nitrogens with zero attached hydrogens (tertiary/aromatic N) is 3. The Morgan fingerprint density at radius 1 is 1.00 bits per heavy atom. The van der Waals surface area contributed by atoms with Crippen LogP contribution in [0.3, 0.4) is 0 Å². The second-order valence-electron chi connectivity index (χ2n) is 7.66. The number of ether oxygens (including phenoxy) is 2. The van der Waals surface area contributed by atoms with Gasteiger partial charge >= 0.3 is 11.9 Å². The second kappa shape index (κ2) is 11.0. The third-order valence-corrected chi connectivity index (χ3v) is 6.35. The maximum atomic E-state index is 12.1. The molecule has 0 saturated heterocycles. The zero-order valence-corrected chi connectivity index (χ0v) is 21.0. The number of furan rings is 1. The molecule has 0 radical (unpaired) electrons. The van der Waals surface area contributed by atoms with Crippen LogP contribution in [-0.4, -0.2) is 51.1 Å². The number of aliphatic carboxylic acids is 1. The van der Waals surface area contributed by atoms with Crippen LogP contribution in [0, 0.1) is 0 Å². The monoisotopic (exact) mass is 521 g/mol. The highest BCUT2D eigenvalue weighted by atomic mass is 32.2. The van der Waals surface area contributed by atoms with Crippen molar-refractivity contribution in [3.63, 3.8) is 0 Å². The Morgan fingerprint density at radius 2 is 1.73 bits per heavy atom. The van der Waals surface area contributed by atoms with Gasteiger partial charge in [-0.05, 0) is 55.1 Å². The molecule has 0 spiro atoms. The van der Waals surface area contributed by atoms with Crippen molar-refractivity contribution in [2.75, 3.05) is 14.2 Å². The Kier molecular flexibility index (Phi) is 7.63. The van der Waals surface area contributed by atoms with Crippen LogP contribution >= 0.6 is 11.8 Å². The van der Waals surface area contributed by atoms with E-state index in [9.17, 15) is 19.8 Å². The van der Waals surface area contributed by atoms with Crippen LogP contribution in [0.25, 0.3) is 28.8 Å². The molecule has 2 aromatic heterocycles. The minimum absolute atomic E-state index is 0.0305. The molecule has 0 unspecified atom stereocenters. The molecule has 2 heterocycles. The fourth-order valence-corrected chi connectivity index (χ4v) is 4.42. The van der Waals surface area contributed by atoms with E-state index in [-0.39, 0.29) is 10.5 Å². The molecule has 10 nitrogen and oxygen atoms in total. The largest absolute Gasteiger partial charge is 0.497 e. The highest BCUT2D eigenvalue weighted by Crippen LogP contribution is 2.34. The van der Waals surface area contributed by atoms with Gasteiger partial charge in [-0.15, -0.1) is 10.2 Å². The van der Waals surface area contributed by atoms with Crippen molar-refractivity contribution >= 4 is 29.8 Å². The van der Waals surface area contributed by atoms with E-state index in [0.29, 0.717) is 51.7 Å². The van der Waals surface area contributed by atoms with Gasteiger partial charge in [0, 0.05) is 29.8 Å². The summed E-state index contributed by atoms with van der Waals surface area (Å²) in [6.45, 7) is 2.39. The summed E-state index contributed by atoms with van der Waals surface area (Å²) >= 11 is 0.940. The third-order valence-electron chi connectivity index (χ3n) is 5.35. The van der Waals surface area contributed by atoms with E-state index in [1.54, 1.807) is 61.3 Å². The summed E-state index contributed by atoms with van der Waals surface area (Å²) in [6.07, 6.45) is 1.39. The molecule has 0 fully saturated rings. The summed E-state index contributed by atoms with van der Waals surface area (Å²) in [5.74, 6) is 0.197. The third kappa shape index (κ3) is 5.67. The maximum absolute atomic E-state index is 12.1. The number of carboxylic acids is 2. The Labute approximate surface area is 216 Å². The van der Waals surface area contributed by atoms with Gasteiger partial charge in [-0.2, -0.15) is 0 Å². The van der Waals surface area contributed by atoms with Crippen molar-refractivity contribution in [2.24, 2.45) is 0 Å². The number of benzene rings is 2. The number of carboxylic acid groups (broad SMARTS) is 2. The Bertz CT molecular complexity index is 1470. The van der Waals surface area contributed by atoms with Gasteiger partial charge in [0.2, 0.25) is 0 Å². The lowest BCUT2D eigenvalue weighted by molar-refractivity contribution is -0.131. The molecule has 0 bridgehead atoms. The summed E-state index contributed by atoms with van der Waals surface area (Å²) < 4.78 is 18.3. The highest BCUT2D eigenvalue weighted by Gasteiger charge is 2.20. The normalized spacial score (nSPS) is 11.4. The standard InChI is InChI=1S/C26H23N3O7S/c1-4-29-23(17-11-19(34-2)13-20(12-17)35-3)27-28-26(29)37-22(25(32)33)14-18-8-9-21(36-18)15-6-5-7-16(10-15)24(30)31/h5-14H,4H2,1-3H3,(H,30,31)(H,32,33)/b22-14-. The predicted molar refractivity (Wildman–Crippen MR) is 137 cm³/mol. The van der Waals surface area contributed by atoms with Gasteiger partial charge in [0.15, 0.2) is 11.0 Å². The molecule has 0 amide bonds. The zero-order valence-electron chi connectivity index (χ0n) is 20.2. The van der Waals surface area contributed by atoms with Crippen LogP contribution in [0.4, 0.5) is 0 Å². The number of hydrogen-bond donors (Lipinski definition) is 2. The summed E-state index contributed by atoms with van der Waals surface area (Å²) in [5.41, 5.74) is 1.39. The number of aromatic nitrogens is 3. The van der Waals surface area contributed by atoms with Gasteiger partial charge in [0.05, 0.1) is 19.8 Å². The molecule has 37 heavy (non-hydrogen) atoms. The van der Waals surface area contributed by atoms with Gasteiger partial charge in [0.1, 0.15) is 27.9 Å². The first-order chi connectivity index (χ1) is 17.8. The number of carbonyl (C=O) groups is 2. The summed E-state index contributed by atoms with van der Waals surface area (Å²) in [5, 5.41) is 28.0. The Morgan fingerprint density at radius 3 is 2.35 bits per heavy atom. The minimum Gasteiger partial charge on any atom is -0.497 e. The lowest BCUT2D eigenvalue weighted by atomic mass is 10.1.